The van der Waals surface area contributed by atoms with Crippen LogP contribution in [0.15, 0.2) is 29.2 Å². The van der Waals surface area contributed by atoms with Crippen LogP contribution in [0.4, 0.5) is 4.39 Å². The summed E-state index contributed by atoms with van der Waals surface area (Å²) in [5, 5.41) is -0.286. The van der Waals surface area contributed by atoms with Crippen molar-refractivity contribution in [1.29, 1.82) is 0 Å². The van der Waals surface area contributed by atoms with Crippen molar-refractivity contribution in [3.8, 4) is 0 Å². The maximum atomic E-state index is 12.8. The van der Waals surface area contributed by atoms with Crippen molar-refractivity contribution < 1.29 is 12.8 Å². The Hall–Kier alpha value is -0.900. The number of sulfone groups is 1. The van der Waals surface area contributed by atoms with Gasteiger partial charge in [-0.15, -0.1) is 0 Å². The zero-order valence-electron chi connectivity index (χ0n) is 10.6. The molecule has 0 amide bonds. The first-order chi connectivity index (χ1) is 8.54. The molecule has 0 atom stereocenters. The molecule has 1 aromatic carbocycles. The molecular weight excluding hydrogens is 251 g/mol. The van der Waals surface area contributed by atoms with Gasteiger partial charge >= 0.3 is 0 Å². The van der Waals surface area contributed by atoms with Crippen LogP contribution in [0.1, 0.15) is 39.0 Å². The Kier molecular flexibility index (Phi) is 4.05. The van der Waals surface area contributed by atoms with E-state index in [1.807, 2.05) is 0 Å². The fourth-order valence-corrected chi connectivity index (χ4v) is 4.46. The third kappa shape index (κ3) is 2.74. The highest BCUT2D eigenvalue weighted by Gasteiger charge is 2.31. The standard InChI is InChI=1S/C14H19FO2S/c1-2-11-3-7-13(8-4-11)18(16,17)14-9-5-12(15)6-10-14/h5-6,9-11,13H,2-4,7-8H2,1H3. The fraction of sp³-hybridized carbons (Fsp3) is 0.571. The van der Waals surface area contributed by atoms with Crippen LogP contribution in [-0.2, 0) is 9.84 Å². The van der Waals surface area contributed by atoms with Gasteiger partial charge in [0.15, 0.2) is 9.84 Å². The van der Waals surface area contributed by atoms with E-state index in [-0.39, 0.29) is 10.1 Å². The predicted octanol–water partition coefficient (Wildman–Crippen LogP) is 3.57. The first-order valence-corrected chi connectivity index (χ1v) is 8.08. The van der Waals surface area contributed by atoms with Crippen molar-refractivity contribution >= 4 is 9.84 Å². The van der Waals surface area contributed by atoms with Crippen molar-refractivity contribution in [2.75, 3.05) is 0 Å². The van der Waals surface area contributed by atoms with E-state index in [4.69, 9.17) is 0 Å². The second kappa shape index (κ2) is 5.39. The van der Waals surface area contributed by atoms with Crippen LogP contribution < -0.4 is 0 Å². The van der Waals surface area contributed by atoms with E-state index in [0.717, 1.165) is 32.1 Å². The Balaban J connectivity index is 2.15. The molecule has 1 fully saturated rings. The Morgan fingerprint density at radius 2 is 1.67 bits per heavy atom. The summed E-state index contributed by atoms with van der Waals surface area (Å²) in [5.41, 5.74) is 0. The SMILES string of the molecule is CCC1CCC(S(=O)(=O)c2ccc(F)cc2)CC1. The van der Waals surface area contributed by atoms with E-state index < -0.39 is 15.7 Å². The van der Waals surface area contributed by atoms with E-state index in [9.17, 15) is 12.8 Å². The molecule has 1 aromatic rings. The molecule has 0 N–H and O–H groups in total. The molecule has 0 unspecified atom stereocenters. The number of benzene rings is 1. The molecule has 100 valence electrons. The van der Waals surface area contributed by atoms with Gasteiger partial charge in [0.25, 0.3) is 0 Å². The zero-order valence-corrected chi connectivity index (χ0v) is 11.4. The summed E-state index contributed by atoms with van der Waals surface area (Å²) < 4.78 is 37.6. The lowest BCUT2D eigenvalue weighted by Crippen LogP contribution is -2.27. The maximum Gasteiger partial charge on any atom is 0.181 e. The smallest absolute Gasteiger partial charge is 0.181 e. The molecule has 1 aliphatic carbocycles. The molecule has 2 nitrogen and oxygen atoms in total. The van der Waals surface area contributed by atoms with Gasteiger partial charge in [-0.25, -0.2) is 12.8 Å². The van der Waals surface area contributed by atoms with Crippen LogP contribution in [0.3, 0.4) is 0 Å². The average Bonchev–Trinajstić information content (AvgIpc) is 2.39. The van der Waals surface area contributed by atoms with Gasteiger partial charge in [-0.2, -0.15) is 0 Å². The van der Waals surface area contributed by atoms with E-state index in [2.05, 4.69) is 6.92 Å². The van der Waals surface area contributed by atoms with Gasteiger partial charge in [-0.3, -0.25) is 0 Å². The van der Waals surface area contributed by atoms with E-state index in [1.54, 1.807) is 0 Å². The molecule has 0 saturated heterocycles. The van der Waals surface area contributed by atoms with Crippen molar-refractivity contribution in [2.45, 2.75) is 49.2 Å². The highest BCUT2D eigenvalue weighted by atomic mass is 32.2. The molecule has 1 saturated carbocycles. The number of rotatable bonds is 3. The molecule has 1 aliphatic rings. The van der Waals surface area contributed by atoms with E-state index >= 15 is 0 Å². The summed E-state index contributed by atoms with van der Waals surface area (Å²) in [6, 6.07) is 5.17. The summed E-state index contributed by atoms with van der Waals surface area (Å²) >= 11 is 0. The molecule has 0 heterocycles. The topological polar surface area (TPSA) is 34.1 Å². The van der Waals surface area contributed by atoms with Gasteiger partial charge < -0.3 is 0 Å². The number of halogens is 1. The second-order valence-corrected chi connectivity index (χ2v) is 7.28. The Morgan fingerprint density at radius 1 is 1.11 bits per heavy atom. The van der Waals surface area contributed by atoms with Crippen LogP contribution in [-0.4, -0.2) is 13.7 Å². The van der Waals surface area contributed by atoms with Crippen LogP contribution in [0, 0.1) is 11.7 Å². The molecule has 4 heteroatoms. The minimum Gasteiger partial charge on any atom is -0.223 e. The zero-order chi connectivity index (χ0) is 13.2. The van der Waals surface area contributed by atoms with E-state index in [0.29, 0.717) is 5.92 Å². The minimum absolute atomic E-state index is 0.254. The quantitative estimate of drug-likeness (QED) is 0.787. The largest absolute Gasteiger partial charge is 0.223 e. The molecular formula is C14H19FO2S. The van der Waals surface area contributed by atoms with Crippen LogP contribution in [0.5, 0.6) is 0 Å². The average molecular weight is 270 g/mol. The normalized spacial score (nSPS) is 25.0. The number of hydrogen-bond acceptors (Lipinski definition) is 2. The number of hydrogen-bond donors (Lipinski definition) is 0. The lowest BCUT2D eigenvalue weighted by atomic mass is 9.87. The van der Waals surface area contributed by atoms with Crippen molar-refractivity contribution in [1.82, 2.24) is 0 Å². The molecule has 2 rings (SSSR count). The first-order valence-electron chi connectivity index (χ1n) is 6.53. The molecule has 0 spiro atoms. The van der Waals surface area contributed by atoms with Crippen molar-refractivity contribution in [2.24, 2.45) is 5.92 Å². The van der Waals surface area contributed by atoms with Gasteiger partial charge in [-0.05, 0) is 55.9 Å². The molecule has 0 bridgehead atoms. The lowest BCUT2D eigenvalue weighted by Gasteiger charge is -2.27. The van der Waals surface area contributed by atoms with Crippen LogP contribution >= 0.6 is 0 Å². The predicted molar refractivity (Wildman–Crippen MR) is 69.6 cm³/mol. The summed E-state index contributed by atoms with van der Waals surface area (Å²) in [7, 11) is -3.28. The molecule has 0 aromatic heterocycles. The third-order valence-electron chi connectivity index (χ3n) is 3.95. The highest BCUT2D eigenvalue weighted by Crippen LogP contribution is 2.33. The minimum atomic E-state index is -3.28. The van der Waals surface area contributed by atoms with Gasteiger partial charge in [0, 0.05) is 0 Å². The van der Waals surface area contributed by atoms with Crippen LogP contribution in [0.2, 0.25) is 0 Å². The third-order valence-corrected chi connectivity index (χ3v) is 6.23. The monoisotopic (exact) mass is 270 g/mol. The van der Waals surface area contributed by atoms with Gasteiger partial charge in [-0.1, -0.05) is 13.3 Å². The van der Waals surface area contributed by atoms with Crippen molar-refractivity contribution in [3.63, 3.8) is 0 Å². The summed E-state index contributed by atoms with van der Waals surface area (Å²) in [4.78, 5) is 0.254. The van der Waals surface area contributed by atoms with Gasteiger partial charge in [0.2, 0.25) is 0 Å². The Labute approximate surface area is 108 Å². The Morgan fingerprint density at radius 3 is 2.17 bits per heavy atom. The van der Waals surface area contributed by atoms with E-state index in [1.165, 1.54) is 24.3 Å². The molecule has 0 aliphatic heterocycles. The Bertz CT molecular complexity index is 485. The molecule has 18 heavy (non-hydrogen) atoms. The summed E-state index contributed by atoms with van der Waals surface area (Å²) in [6.45, 7) is 2.15. The maximum absolute atomic E-state index is 12.8. The second-order valence-electron chi connectivity index (χ2n) is 5.05. The molecule has 0 radical (unpaired) electrons. The van der Waals surface area contributed by atoms with Crippen LogP contribution in [0.25, 0.3) is 0 Å². The highest BCUT2D eigenvalue weighted by molar-refractivity contribution is 7.92. The van der Waals surface area contributed by atoms with Gasteiger partial charge in [0.05, 0.1) is 10.1 Å². The lowest BCUT2D eigenvalue weighted by molar-refractivity contribution is 0.348. The first kappa shape index (κ1) is 13.5. The summed E-state index contributed by atoms with van der Waals surface area (Å²) in [5.74, 6) is 0.272. The summed E-state index contributed by atoms with van der Waals surface area (Å²) in [6.07, 6.45) is 4.57. The van der Waals surface area contributed by atoms with Gasteiger partial charge in [0.1, 0.15) is 5.82 Å². The fourth-order valence-electron chi connectivity index (χ4n) is 2.67. The van der Waals surface area contributed by atoms with Crippen molar-refractivity contribution in [3.05, 3.63) is 30.1 Å².